The zero-order valence-corrected chi connectivity index (χ0v) is 18.3. The molecule has 0 aliphatic carbocycles. The van der Waals surface area contributed by atoms with Crippen LogP contribution < -0.4 is 0 Å². The second kappa shape index (κ2) is 9.23. The van der Waals surface area contributed by atoms with Crippen molar-refractivity contribution < 1.29 is 19.1 Å². The summed E-state index contributed by atoms with van der Waals surface area (Å²) < 4.78 is 11.9. The second-order valence-corrected chi connectivity index (χ2v) is 8.73. The highest BCUT2D eigenvalue weighted by molar-refractivity contribution is 5.99. The van der Waals surface area contributed by atoms with Gasteiger partial charge in [-0.2, -0.15) is 0 Å². The lowest BCUT2D eigenvalue weighted by atomic mass is 9.77. The van der Waals surface area contributed by atoms with Crippen molar-refractivity contribution in [3.05, 3.63) is 71.8 Å². The summed E-state index contributed by atoms with van der Waals surface area (Å²) >= 11 is 0. The van der Waals surface area contributed by atoms with E-state index in [2.05, 4.69) is 6.92 Å². The Hall–Kier alpha value is -2.66. The van der Waals surface area contributed by atoms with Crippen LogP contribution in [-0.2, 0) is 31.4 Å². The molecule has 0 aromatic heterocycles. The van der Waals surface area contributed by atoms with Crippen LogP contribution in [0, 0.1) is 11.8 Å². The third-order valence-corrected chi connectivity index (χ3v) is 6.65. The van der Waals surface area contributed by atoms with E-state index in [4.69, 9.17) is 9.47 Å². The van der Waals surface area contributed by atoms with E-state index in [0.717, 1.165) is 36.8 Å². The lowest BCUT2D eigenvalue weighted by Gasteiger charge is -2.44. The third-order valence-electron chi connectivity index (χ3n) is 6.65. The van der Waals surface area contributed by atoms with Crippen LogP contribution in [0.25, 0.3) is 0 Å². The molecule has 4 rings (SSSR count). The van der Waals surface area contributed by atoms with Crippen LogP contribution in [0.2, 0.25) is 0 Å². The predicted octanol–water partition coefficient (Wildman–Crippen LogP) is 4.66. The number of hydrogen-bond acceptors (Lipinski definition) is 4. The van der Waals surface area contributed by atoms with E-state index in [-0.39, 0.29) is 24.5 Å². The molecule has 1 amide bonds. The van der Waals surface area contributed by atoms with Gasteiger partial charge in [0.15, 0.2) is 5.72 Å². The fourth-order valence-corrected chi connectivity index (χ4v) is 4.98. The predicted molar refractivity (Wildman–Crippen MR) is 118 cm³/mol. The lowest BCUT2D eigenvalue weighted by Crippen LogP contribution is -2.57. The molecule has 5 heteroatoms. The normalized spacial score (nSPS) is 27.7. The Kier molecular flexibility index (Phi) is 6.42. The number of nitrogens with zero attached hydrogens (tertiary/aromatic N) is 1. The summed E-state index contributed by atoms with van der Waals surface area (Å²) in [7, 11) is 0. The Morgan fingerprint density at radius 3 is 2.48 bits per heavy atom. The van der Waals surface area contributed by atoms with Crippen LogP contribution >= 0.6 is 0 Å². The number of ether oxygens (including phenoxy) is 2. The van der Waals surface area contributed by atoms with Crippen molar-refractivity contribution >= 4 is 11.9 Å². The molecule has 2 heterocycles. The van der Waals surface area contributed by atoms with E-state index in [1.54, 1.807) is 4.90 Å². The Balaban J connectivity index is 1.58. The molecule has 2 aliphatic rings. The van der Waals surface area contributed by atoms with Gasteiger partial charge in [-0.1, -0.05) is 80.4 Å². The van der Waals surface area contributed by atoms with E-state index in [1.807, 2.05) is 67.6 Å². The Morgan fingerprint density at radius 2 is 1.81 bits per heavy atom. The molecule has 0 radical (unpaired) electrons. The van der Waals surface area contributed by atoms with Gasteiger partial charge in [0.1, 0.15) is 12.5 Å². The van der Waals surface area contributed by atoms with Crippen LogP contribution in [0.15, 0.2) is 60.7 Å². The van der Waals surface area contributed by atoms with Gasteiger partial charge in [0, 0.05) is 5.56 Å². The minimum absolute atomic E-state index is 0.0151. The van der Waals surface area contributed by atoms with Gasteiger partial charge in [-0.05, 0) is 31.2 Å². The summed E-state index contributed by atoms with van der Waals surface area (Å²) in [6, 6.07) is 19.4. The van der Waals surface area contributed by atoms with E-state index in [1.165, 1.54) is 0 Å². The molecule has 164 valence electrons. The number of carbonyl (C=O) groups is 2. The SMILES string of the molecule is CCCC[C@@H]1C[C@H]2CO[C@@](C)(c3ccccc3)N2C(=O)[C@H]1C(=O)OCc1ccccc1. The molecule has 0 unspecified atom stereocenters. The average molecular weight is 422 g/mol. The summed E-state index contributed by atoms with van der Waals surface area (Å²) in [5.74, 6) is -1.38. The number of amides is 1. The second-order valence-electron chi connectivity index (χ2n) is 8.73. The quantitative estimate of drug-likeness (QED) is 0.482. The van der Waals surface area contributed by atoms with Crippen LogP contribution in [0.4, 0.5) is 0 Å². The molecular weight excluding hydrogens is 390 g/mol. The fourth-order valence-electron chi connectivity index (χ4n) is 4.98. The number of rotatable bonds is 7. The molecule has 5 nitrogen and oxygen atoms in total. The number of fused-ring (bicyclic) bond motifs is 1. The number of benzene rings is 2. The molecule has 2 aromatic rings. The van der Waals surface area contributed by atoms with E-state index < -0.39 is 17.6 Å². The fraction of sp³-hybridized carbons (Fsp3) is 0.462. The Labute approximate surface area is 184 Å². The first-order valence-electron chi connectivity index (χ1n) is 11.3. The Bertz CT molecular complexity index is 900. The molecule has 2 saturated heterocycles. The first-order valence-corrected chi connectivity index (χ1v) is 11.3. The maximum Gasteiger partial charge on any atom is 0.319 e. The minimum atomic E-state index is -0.864. The average Bonchev–Trinajstić information content (AvgIpc) is 3.15. The topological polar surface area (TPSA) is 55.8 Å². The zero-order chi connectivity index (χ0) is 21.8. The van der Waals surface area contributed by atoms with Crippen molar-refractivity contribution in [2.45, 2.75) is 57.9 Å². The van der Waals surface area contributed by atoms with Gasteiger partial charge in [-0.3, -0.25) is 9.59 Å². The van der Waals surface area contributed by atoms with Crippen molar-refractivity contribution in [1.82, 2.24) is 4.90 Å². The van der Waals surface area contributed by atoms with Crippen molar-refractivity contribution in [1.29, 1.82) is 0 Å². The van der Waals surface area contributed by atoms with Crippen molar-refractivity contribution in [3.63, 3.8) is 0 Å². The van der Waals surface area contributed by atoms with Crippen LogP contribution in [0.1, 0.15) is 50.7 Å². The first kappa shape index (κ1) is 21.6. The number of piperidine rings is 1. The lowest BCUT2D eigenvalue weighted by molar-refractivity contribution is -0.173. The van der Waals surface area contributed by atoms with Gasteiger partial charge in [0.05, 0.1) is 12.6 Å². The summed E-state index contributed by atoms with van der Waals surface area (Å²) in [5, 5.41) is 0. The van der Waals surface area contributed by atoms with Crippen molar-refractivity contribution in [2.24, 2.45) is 11.8 Å². The summed E-state index contributed by atoms with van der Waals surface area (Å²) in [4.78, 5) is 28.8. The van der Waals surface area contributed by atoms with Crippen LogP contribution in [-0.4, -0.2) is 29.4 Å². The molecule has 2 fully saturated rings. The molecule has 2 aliphatic heterocycles. The van der Waals surface area contributed by atoms with Crippen molar-refractivity contribution in [2.75, 3.05) is 6.61 Å². The zero-order valence-electron chi connectivity index (χ0n) is 18.3. The standard InChI is InChI=1S/C26H31NO4/c1-3-4-13-20-16-22-18-31-26(2,21-14-9-6-10-15-21)27(22)24(28)23(20)25(29)30-17-19-11-7-5-8-12-19/h5-12,14-15,20,22-23H,3-4,13,16-18H2,1-2H3/t20-,22+,23+,26+/m1/s1. The van der Waals surface area contributed by atoms with Gasteiger partial charge in [-0.25, -0.2) is 0 Å². The molecule has 0 spiro atoms. The maximum absolute atomic E-state index is 13.8. The summed E-state index contributed by atoms with van der Waals surface area (Å²) in [6.45, 7) is 4.73. The molecule has 0 saturated carbocycles. The van der Waals surface area contributed by atoms with E-state index in [9.17, 15) is 9.59 Å². The number of esters is 1. The highest BCUT2D eigenvalue weighted by Gasteiger charge is 2.56. The molecule has 31 heavy (non-hydrogen) atoms. The number of carbonyl (C=O) groups excluding carboxylic acids is 2. The Morgan fingerprint density at radius 1 is 1.13 bits per heavy atom. The minimum Gasteiger partial charge on any atom is -0.460 e. The highest BCUT2D eigenvalue weighted by atomic mass is 16.5. The smallest absolute Gasteiger partial charge is 0.319 e. The third kappa shape index (κ3) is 4.24. The first-order chi connectivity index (χ1) is 15.0. The largest absolute Gasteiger partial charge is 0.460 e. The van der Waals surface area contributed by atoms with Gasteiger partial charge in [-0.15, -0.1) is 0 Å². The molecule has 2 aromatic carbocycles. The molecular formula is C26H31NO4. The van der Waals surface area contributed by atoms with E-state index >= 15 is 0 Å². The number of unbranched alkanes of at least 4 members (excludes halogenated alkanes) is 1. The summed E-state index contributed by atoms with van der Waals surface area (Å²) in [6.07, 6.45) is 3.63. The van der Waals surface area contributed by atoms with E-state index in [0.29, 0.717) is 6.61 Å². The maximum atomic E-state index is 13.8. The van der Waals surface area contributed by atoms with Crippen molar-refractivity contribution in [3.8, 4) is 0 Å². The van der Waals surface area contributed by atoms with Crippen LogP contribution in [0.3, 0.4) is 0 Å². The molecule has 0 bridgehead atoms. The van der Waals surface area contributed by atoms with Crippen LogP contribution in [0.5, 0.6) is 0 Å². The highest BCUT2D eigenvalue weighted by Crippen LogP contribution is 2.45. The number of hydrogen-bond donors (Lipinski definition) is 0. The monoisotopic (exact) mass is 421 g/mol. The van der Waals surface area contributed by atoms with Gasteiger partial charge >= 0.3 is 5.97 Å². The van der Waals surface area contributed by atoms with Gasteiger partial charge in [0.25, 0.3) is 0 Å². The van der Waals surface area contributed by atoms with Gasteiger partial charge < -0.3 is 14.4 Å². The molecule has 4 atom stereocenters. The summed E-state index contributed by atoms with van der Waals surface area (Å²) in [5.41, 5.74) is 0.978. The molecule has 0 N–H and O–H groups in total. The van der Waals surface area contributed by atoms with Gasteiger partial charge in [0.2, 0.25) is 5.91 Å².